The summed E-state index contributed by atoms with van der Waals surface area (Å²) in [6.45, 7) is 1.52. The molecule has 0 aliphatic heterocycles. The maximum absolute atomic E-state index is 12.9. The quantitative estimate of drug-likeness (QED) is 0.246. The summed E-state index contributed by atoms with van der Waals surface area (Å²) >= 11 is 0. The van der Waals surface area contributed by atoms with Crippen LogP contribution in [-0.2, 0) is 19.7 Å². The highest BCUT2D eigenvalue weighted by Crippen LogP contribution is 2.35. The van der Waals surface area contributed by atoms with Crippen molar-refractivity contribution in [3.8, 4) is 22.9 Å². The number of nitrogens with zero attached hydrogens (tertiary/aromatic N) is 3. The number of nitrogen functional groups attached to an aromatic ring is 1. The van der Waals surface area contributed by atoms with Crippen molar-refractivity contribution in [1.29, 1.82) is 0 Å². The van der Waals surface area contributed by atoms with E-state index in [1.165, 1.54) is 25.5 Å². The van der Waals surface area contributed by atoms with Gasteiger partial charge < -0.3 is 20.1 Å². The van der Waals surface area contributed by atoms with Gasteiger partial charge >= 0.3 is 0 Å². The molecule has 0 unspecified atom stereocenters. The van der Waals surface area contributed by atoms with Gasteiger partial charge in [0.05, 0.1) is 34.8 Å². The molecule has 0 spiro atoms. The van der Waals surface area contributed by atoms with Crippen molar-refractivity contribution in [3.63, 3.8) is 0 Å². The summed E-state index contributed by atoms with van der Waals surface area (Å²) in [5, 5.41) is 0.591. The molecule has 10 nitrogen and oxygen atoms in total. The van der Waals surface area contributed by atoms with E-state index in [9.17, 15) is 16.8 Å². The predicted molar refractivity (Wildman–Crippen MR) is 155 cm³/mol. The van der Waals surface area contributed by atoms with Gasteiger partial charge in [0.1, 0.15) is 15.7 Å². The van der Waals surface area contributed by atoms with Crippen LogP contribution >= 0.6 is 0 Å². The van der Waals surface area contributed by atoms with Crippen molar-refractivity contribution in [3.05, 3.63) is 66.7 Å². The lowest BCUT2D eigenvalue weighted by molar-refractivity contribution is 0.259. The van der Waals surface area contributed by atoms with Gasteiger partial charge in [-0.25, -0.2) is 26.8 Å². The number of rotatable bonds is 12. The molecule has 4 rings (SSSR count). The fourth-order valence-electron chi connectivity index (χ4n) is 4.03. The number of hydrogen-bond acceptors (Lipinski definition) is 10. The molecule has 40 heavy (non-hydrogen) atoms. The third kappa shape index (κ3) is 7.06. The molecule has 0 aliphatic rings. The van der Waals surface area contributed by atoms with Gasteiger partial charge in [-0.05, 0) is 55.9 Å². The Morgan fingerprint density at radius 2 is 1.55 bits per heavy atom. The van der Waals surface area contributed by atoms with E-state index in [2.05, 4.69) is 9.97 Å². The Labute approximate surface area is 234 Å². The van der Waals surface area contributed by atoms with Gasteiger partial charge in [-0.2, -0.15) is 0 Å². The smallest absolute Gasteiger partial charge is 0.206 e. The van der Waals surface area contributed by atoms with Crippen LogP contribution in [-0.4, -0.2) is 77.6 Å². The first-order valence-corrected chi connectivity index (χ1v) is 16.1. The highest BCUT2D eigenvalue weighted by Gasteiger charge is 2.18. The van der Waals surface area contributed by atoms with Gasteiger partial charge in [0.15, 0.2) is 17.3 Å². The van der Waals surface area contributed by atoms with Crippen LogP contribution in [0.1, 0.15) is 6.42 Å². The second kappa shape index (κ2) is 12.2. The first kappa shape index (κ1) is 29.2. The van der Waals surface area contributed by atoms with Crippen LogP contribution in [0.15, 0.2) is 76.5 Å². The zero-order valence-corrected chi connectivity index (χ0v) is 24.2. The van der Waals surface area contributed by atoms with E-state index in [-0.39, 0.29) is 21.4 Å². The van der Waals surface area contributed by atoms with Crippen LogP contribution in [0.25, 0.3) is 22.3 Å². The Kier molecular flexibility index (Phi) is 8.92. The van der Waals surface area contributed by atoms with Crippen LogP contribution in [0.4, 0.5) is 5.82 Å². The van der Waals surface area contributed by atoms with Gasteiger partial charge in [0.25, 0.3) is 0 Å². The number of ether oxygens (including phenoxy) is 2. The standard InChI is InChI=1S/C28H32N4O6S2/c1-32(15-17-39(3,33)34)14-7-16-38-26-18-23-24(19-25(26)37-2)30-28(31-27(23)29)20-10-12-22(13-11-20)40(35,36)21-8-5-4-6-9-21/h4-6,8-13,18-19H,7,14-17H2,1-3H3,(H2,29,30,31). The minimum absolute atomic E-state index is 0.112. The summed E-state index contributed by atoms with van der Waals surface area (Å²) in [6.07, 6.45) is 1.91. The lowest BCUT2D eigenvalue weighted by atomic mass is 10.1. The van der Waals surface area contributed by atoms with E-state index in [1.807, 2.05) is 11.9 Å². The Morgan fingerprint density at radius 1 is 0.875 bits per heavy atom. The van der Waals surface area contributed by atoms with E-state index in [0.717, 1.165) is 0 Å². The van der Waals surface area contributed by atoms with Gasteiger partial charge in [-0.3, -0.25) is 0 Å². The maximum Gasteiger partial charge on any atom is 0.206 e. The minimum Gasteiger partial charge on any atom is -0.493 e. The van der Waals surface area contributed by atoms with Crippen molar-refractivity contribution in [2.75, 3.05) is 51.6 Å². The molecule has 12 heteroatoms. The van der Waals surface area contributed by atoms with E-state index in [1.54, 1.807) is 54.6 Å². The largest absolute Gasteiger partial charge is 0.493 e. The highest BCUT2D eigenvalue weighted by molar-refractivity contribution is 7.91. The molecule has 0 fully saturated rings. The number of sulfone groups is 2. The Bertz CT molecular complexity index is 1690. The third-order valence-corrected chi connectivity index (χ3v) is 8.98. The number of methoxy groups -OCH3 is 1. The molecule has 0 aliphatic carbocycles. The molecule has 0 saturated heterocycles. The number of fused-ring (bicyclic) bond motifs is 1. The minimum atomic E-state index is -3.64. The number of hydrogen-bond donors (Lipinski definition) is 1. The van der Waals surface area contributed by atoms with Crippen molar-refractivity contribution in [2.45, 2.75) is 16.2 Å². The molecular formula is C28H32N4O6S2. The SMILES string of the molecule is COc1cc2nc(-c3ccc(S(=O)(=O)c4ccccc4)cc3)nc(N)c2cc1OCCCN(C)CCS(C)(=O)=O. The monoisotopic (exact) mass is 584 g/mol. The summed E-state index contributed by atoms with van der Waals surface area (Å²) in [5.41, 5.74) is 7.45. The summed E-state index contributed by atoms with van der Waals surface area (Å²) < 4.78 is 60.0. The summed E-state index contributed by atoms with van der Waals surface area (Å²) in [5.74, 6) is 1.68. The normalized spacial score (nSPS) is 12.1. The zero-order chi connectivity index (χ0) is 28.9. The molecule has 0 atom stereocenters. The van der Waals surface area contributed by atoms with Crippen LogP contribution in [0.2, 0.25) is 0 Å². The van der Waals surface area contributed by atoms with Crippen molar-refractivity contribution >= 4 is 36.4 Å². The first-order chi connectivity index (χ1) is 19.0. The topological polar surface area (TPSA) is 142 Å². The van der Waals surface area contributed by atoms with E-state index >= 15 is 0 Å². The molecule has 3 aromatic carbocycles. The maximum atomic E-state index is 12.9. The Hall–Kier alpha value is -3.74. The zero-order valence-electron chi connectivity index (χ0n) is 22.6. The fraction of sp³-hybridized carbons (Fsp3) is 0.286. The van der Waals surface area contributed by atoms with Crippen molar-refractivity contribution < 1.29 is 26.3 Å². The van der Waals surface area contributed by atoms with Gasteiger partial charge in [0, 0.05) is 36.4 Å². The fourth-order valence-corrected chi connectivity index (χ4v) is 5.96. The summed E-state index contributed by atoms with van der Waals surface area (Å²) in [6, 6.07) is 18.0. The second-order valence-corrected chi connectivity index (χ2v) is 13.6. The van der Waals surface area contributed by atoms with Crippen LogP contribution in [0.3, 0.4) is 0 Å². The highest BCUT2D eigenvalue weighted by atomic mass is 32.2. The van der Waals surface area contributed by atoms with E-state index in [4.69, 9.17) is 15.2 Å². The average Bonchev–Trinajstić information content (AvgIpc) is 2.94. The molecule has 1 aromatic heterocycles. The Morgan fingerprint density at radius 3 is 2.20 bits per heavy atom. The Balaban J connectivity index is 1.50. The van der Waals surface area contributed by atoms with Crippen LogP contribution < -0.4 is 15.2 Å². The molecule has 0 saturated carbocycles. The summed E-state index contributed by atoms with van der Waals surface area (Å²) in [4.78, 5) is 11.4. The number of aromatic nitrogens is 2. The molecule has 0 radical (unpaired) electrons. The van der Waals surface area contributed by atoms with E-state index in [0.29, 0.717) is 59.9 Å². The molecule has 0 bridgehead atoms. The molecule has 1 heterocycles. The van der Waals surface area contributed by atoms with Crippen LogP contribution in [0, 0.1) is 0 Å². The molecule has 0 amide bonds. The lowest BCUT2D eigenvalue weighted by Gasteiger charge is -2.17. The number of anilines is 1. The van der Waals surface area contributed by atoms with E-state index < -0.39 is 19.7 Å². The molecule has 212 valence electrons. The average molecular weight is 585 g/mol. The molecule has 2 N–H and O–H groups in total. The van der Waals surface area contributed by atoms with Crippen molar-refractivity contribution in [1.82, 2.24) is 14.9 Å². The summed E-state index contributed by atoms with van der Waals surface area (Å²) in [7, 11) is -3.24. The number of nitrogens with two attached hydrogens (primary N) is 1. The van der Waals surface area contributed by atoms with Gasteiger partial charge in [-0.15, -0.1) is 0 Å². The lowest BCUT2D eigenvalue weighted by Crippen LogP contribution is -2.27. The molecular weight excluding hydrogens is 552 g/mol. The third-order valence-electron chi connectivity index (χ3n) is 6.27. The first-order valence-electron chi connectivity index (χ1n) is 12.5. The predicted octanol–water partition coefficient (Wildman–Crippen LogP) is 3.47. The van der Waals surface area contributed by atoms with Crippen LogP contribution in [0.5, 0.6) is 11.5 Å². The van der Waals surface area contributed by atoms with Gasteiger partial charge in [0.2, 0.25) is 9.84 Å². The second-order valence-electron chi connectivity index (χ2n) is 9.43. The molecule has 4 aromatic rings. The van der Waals surface area contributed by atoms with Gasteiger partial charge in [-0.1, -0.05) is 18.2 Å². The van der Waals surface area contributed by atoms with Crippen molar-refractivity contribution in [2.24, 2.45) is 0 Å². The number of benzene rings is 3.